The van der Waals surface area contributed by atoms with Crippen LogP contribution in [0.15, 0.2) is 12.1 Å². The average molecular weight is 243 g/mol. The standard InChI is InChI=1S/C10H8F3N3O/c1-17-6-2-4(11)9(12)8(10(6)13)5-3-7(14)16-15-5/h2-3H,1H3,(H3,14,15,16). The largest absolute Gasteiger partial charge is 0.494 e. The number of nitrogens with one attached hydrogen (secondary N) is 1. The van der Waals surface area contributed by atoms with Crippen molar-refractivity contribution in [3.05, 3.63) is 29.6 Å². The molecular formula is C10H8F3N3O. The summed E-state index contributed by atoms with van der Waals surface area (Å²) < 4.78 is 45.1. The van der Waals surface area contributed by atoms with Gasteiger partial charge in [0.1, 0.15) is 5.82 Å². The van der Waals surface area contributed by atoms with Gasteiger partial charge in [-0.25, -0.2) is 13.2 Å². The van der Waals surface area contributed by atoms with Crippen LogP contribution in [0.3, 0.4) is 0 Å². The van der Waals surface area contributed by atoms with E-state index in [0.717, 1.165) is 7.11 Å². The zero-order chi connectivity index (χ0) is 12.6. The van der Waals surface area contributed by atoms with E-state index in [4.69, 9.17) is 5.73 Å². The number of H-pyrrole nitrogens is 1. The van der Waals surface area contributed by atoms with Gasteiger partial charge in [0.2, 0.25) is 0 Å². The van der Waals surface area contributed by atoms with Gasteiger partial charge in [-0.3, -0.25) is 5.10 Å². The number of ether oxygens (including phenoxy) is 1. The Morgan fingerprint density at radius 2 is 1.94 bits per heavy atom. The van der Waals surface area contributed by atoms with Crippen LogP contribution in [0.4, 0.5) is 19.0 Å². The lowest BCUT2D eigenvalue weighted by molar-refractivity contribution is 0.377. The highest BCUT2D eigenvalue weighted by atomic mass is 19.2. The number of rotatable bonds is 2. The molecule has 0 atom stereocenters. The third-order valence-corrected chi connectivity index (χ3v) is 2.21. The van der Waals surface area contributed by atoms with E-state index in [0.29, 0.717) is 6.07 Å². The third kappa shape index (κ3) is 1.79. The molecule has 0 amide bonds. The number of nitrogens with zero attached hydrogens (tertiary/aromatic N) is 1. The van der Waals surface area contributed by atoms with Crippen molar-refractivity contribution in [3.8, 4) is 17.0 Å². The summed E-state index contributed by atoms with van der Waals surface area (Å²) in [6.45, 7) is 0. The summed E-state index contributed by atoms with van der Waals surface area (Å²) >= 11 is 0. The van der Waals surface area contributed by atoms with Gasteiger partial charge in [0.25, 0.3) is 0 Å². The Morgan fingerprint density at radius 1 is 1.24 bits per heavy atom. The molecule has 90 valence electrons. The number of methoxy groups -OCH3 is 1. The number of aromatic amines is 1. The van der Waals surface area contributed by atoms with Crippen LogP contribution in [0.5, 0.6) is 5.75 Å². The van der Waals surface area contributed by atoms with Crippen LogP contribution in [0, 0.1) is 17.5 Å². The molecule has 1 aromatic carbocycles. The number of hydrogen-bond acceptors (Lipinski definition) is 3. The summed E-state index contributed by atoms with van der Waals surface area (Å²) in [7, 11) is 1.15. The second-order valence-corrected chi connectivity index (χ2v) is 3.27. The first-order chi connectivity index (χ1) is 8.04. The van der Waals surface area contributed by atoms with E-state index < -0.39 is 28.8 Å². The van der Waals surface area contributed by atoms with Crippen LogP contribution in [0.25, 0.3) is 11.3 Å². The number of halogens is 3. The van der Waals surface area contributed by atoms with E-state index in [1.165, 1.54) is 6.07 Å². The van der Waals surface area contributed by atoms with Gasteiger partial charge in [0.15, 0.2) is 23.2 Å². The molecule has 0 aliphatic heterocycles. The van der Waals surface area contributed by atoms with Gasteiger partial charge < -0.3 is 10.5 Å². The van der Waals surface area contributed by atoms with E-state index in [1.807, 2.05) is 0 Å². The maximum atomic E-state index is 13.8. The Kier molecular flexibility index (Phi) is 2.66. The van der Waals surface area contributed by atoms with Crippen LogP contribution in [-0.4, -0.2) is 17.3 Å². The quantitative estimate of drug-likeness (QED) is 0.794. The molecule has 0 fully saturated rings. The molecule has 0 radical (unpaired) electrons. The van der Waals surface area contributed by atoms with Gasteiger partial charge in [-0.2, -0.15) is 5.10 Å². The first-order valence-corrected chi connectivity index (χ1v) is 4.57. The summed E-state index contributed by atoms with van der Waals surface area (Å²) in [4.78, 5) is 0. The van der Waals surface area contributed by atoms with Crippen molar-refractivity contribution in [2.45, 2.75) is 0 Å². The number of hydrogen-bond donors (Lipinski definition) is 2. The van der Waals surface area contributed by atoms with Gasteiger partial charge >= 0.3 is 0 Å². The Morgan fingerprint density at radius 3 is 2.47 bits per heavy atom. The second kappa shape index (κ2) is 4.00. The topological polar surface area (TPSA) is 63.9 Å². The molecule has 0 saturated heterocycles. The predicted molar refractivity (Wildman–Crippen MR) is 54.9 cm³/mol. The third-order valence-electron chi connectivity index (χ3n) is 2.21. The lowest BCUT2D eigenvalue weighted by Crippen LogP contribution is -1.99. The number of benzene rings is 1. The van der Waals surface area contributed by atoms with Gasteiger partial charge in [0, 0.05) is 12.1 Å². The number of anilines is 1. The number of nitrogens with two attached hydrogens (primary N) is 1. The van der Waals surface area contributed by atoms with Crippen molar-refractivity contribution < 1.29 is 17.9 Å². The van der Waals surface area contributed by atoms with Crippen LogP contribution in [0.2, 0.25) is 0 Å². The van der Waals surface area contributed by atoms with E-state index in [-0.39, 0.29) is 11.5 Å². The zero-order valence-electron chi connectivity index (χ0n) is 8.72. The summed E-state index contributed by atoms with van der Waals surface area (Å²) in [6.07, 6.45) is 0. The molecule has 1 aromatic heterocycles. The zero-order valence-corrected chi connectivity index (χ0v) is 8.72. The smallest absolute Gasteiger partial charge is 0.177 e. The first-order valence-electron chi connectivity index (χ1n) is 4.57. The summed E-state index contributed by atoms with van der Waals surface area (Å²) in [5, 5.41) is 5.82. The molecule has 0 aliphatic rings. The SMILES string of the molecule is COc1cc(F)c(F)c(-c2cc(N)n[nH]2)c1F. The Hall–Kier alpha value is -2.18. The molecule has 0 aliphatic carbocycles. The van der Waals surface area contributed by atoms with E-state index in [2.05, 4.69) is 14.9 Å². The molecule has 1 heterocycles. The highest BCUT2D eigenvalue weighted by Crippen LogP contribution is 2.32. The molecule has 0 spiro atoms. The normalized spacial score (nSPS) is 10.6. The van der Waals surface area contributed by atoms with Crippen LogP contribution >= 0.6 is 0 Å². The second-order valence-electron chi connectivity index (χ2n) is 3.27. The minimum Gasteiger partial charge on any atom is -0.494 e. The van der Waals surface area contributed by atoms with E-state index in [9.17, 15) is 13.2 Å². The fourth-order valence-corrected chi connectivity index (χ4v) is 1.43. The molecule has 7 heteroatoms. The fourth-order valence-electron chi connectivity index (χ4n) is 1.43. The molecule has 0 saturated carbocycles. The lowest BCUT2D eigenvalue weighted by atomic mass is 10.1. The lowest BCUT2D eigenvalue weighted by Gasteiger charge is -2.08. The predicted octanol–water partition coefficient (Wildman–Crippen LogP) is 2.08. The van der Waals surface area contributed by atoms with Crippen LogP contribution in [-0.2, 0) is 0 Å². The van der Waals surface area contributed by atoms with Gasteiger partial charge in [0.05, 0.1) is 18.4 Å². The highest BCUT2D eigenvalue weighted by Gasteiger charge is 2.22. The summed E-state index contributed by atoms with van der Waals surface area (Å²) in [6, 6.07) is 1.83. The molecule has 3 N–H and O–H groups in total. The van der Waals surface area contributed by atoms with Crippen molar-refractivity contribution in [2.24, 2.45) is 0 Å². The molecule has 4 nitrogen and oxygen atoms in total. The molecule has 17 heavy (non-hydrogen) atoms. The van der Waals surface area contributed by atoms with Crippen molar-refractivity contribution in [2.75, 3.05) is 12.8 Å². The van der Waals surface area contributed by atoms with Crippen molar-refractivity contribution in [1.82, 2.24) is 10.2 Å². The van der Waals surface area contributed by atoms with E-state index in [1.54, 1.807) is 0 Å². The van der Waals surface area contributed by atoms with Gasteiger partial charge in [-0.1, -0.05) is 0 Å². The van der Waals surface area contributed by atoms with Gasteiger partial charge in [-0.05, 0) is 0 Å². The number of aromatic nitrogens is 2. The van der Waals surface area contributed by atoms with Gasteiger partial charge in [-0.15, -0.1) is 0 Å². The average Bonchev–Trinajstić information content (AvgIpc) is 2.70. The highest BCUT2D eigenvalue weighted by molar-refractivity contribution is 5.65. The minimum atomic E-state index is -1.33. The van der Waals surface area contributed by atoms with Crippen LogP contribution in [0.1, 0.15) is 0 Å². The van der Waals surface area contributed by atoms with Crippen LogP contribution < -0.4 is 10.5 Å². The van der Waals surface area contributed by atoms with E-state index >= 15 is 0 Å². The first kappa shape index (κ1) is 11.3. The summed E-state index contributed by atoms with van der Waals surface area (Å²) in [5.74, 6) is -3.91. The van der Waals surface area contributed by atoms with Crippen molar-refractivity contribution >= 4 is 5.82 Å². The molecule has 0 unspecified atom stereocenters. The maximum Gasteiger partial charge on any atom is 0.177 e. The summed E-state index contributed by atoms with van der Waals surface area (Å²) in [5.41, 5.74) is 4.66. The molecule has 2 rings (SSSR count). The van der Waals surface area contributed by atoms with Crippen molar-refractivity contribution in [1.29, 1.82) is 0 Å². The Bertz CT molecular complexity index is 568. The maximum absolute atomic E-state index is 13.8. The monoisotopic (exact) mass is 243 g/mol. The Labute approximate surface area is 94.2 Å². The fraction of sp³-hybridized carbons (Fsp3) is 0.100. The Balaban J connectivity index is 2.71. The number of nitrogen functional groups attached to an aromatic ring is 1. The molecule has 2 aromatic rings. The minimum absolute atomic E-state index is 0.0435. The van der Waals surface area contributed by atoms with Crippen molar-refractivity contribution in [3.63, 3.8) is 0 Å². The molecule has 0 bridgehead atoms. The molecular weight excluding hydrogens is 235 g/mol.